The molecule has 5 nitrogen and oxygen atoms in total. The van der Waals surface area contributed by atoms with E-state index in [4.69, 9.17) is 10.2 Å². The lowest BCUT2D eigenvalue weighted by Gasteiger charge is -2.38. The van der Waals surface area contributed by atoms with Gasteiger partial charge in [-0.15, -0.1) is 11.8 Å². The highest BCUT2D eigenvalue weighted by Gasteiger charge is 2.50. The Balaban J connectivity index is 2.28. The Labute approximate surface area is 90.1 Å². The second-order valence-electron chi connectivity index (χ2n) is 3.32. The van der Waals surface area contributed by atoms with Crippen molar-refractivity contribution in [3.63, 3.8) is 0 Å². The molecule has 1 amide bonds. The van der Waals surface area contributed by atoms with E-state index in [1.54, 1.807) is 6.92 Å². The number of fused-ring (bicyclic) bond motifs is 1. The third kappa shape index (κ3) is 1.29. The molecule has 0 aliphatic carbocycles. The molecule has 1 saturated heterocycles. The smallest absolute Gasteiger partial charge is 0.353 e. The molecule has 0 unspecified atom stereocenters. The number of carbonyl (C=O) groups excluding carboxylic acids is 1. The summed E-state index contributed by atoms with van der Waals surface area (Å²) in [4.78, 5) is 23.6. The third-order valence-electron chi connectivity index (χ3n) is 2.41. The molecule has 1 atom stereocenters. The minimum atomic E-state index is -1.10. The van der Waals surface area contributed by atoms with E-state index in [1.165, 1.54) is 22.1 Å². The van der Waals surface area contributed by atoms with E-state index in [0.717, 1.165) is 0 Å². The van der Waals surface area contributed by atoms with E-state index in [9.17, 15) is 9.59 Å². The van der Waals surface area contributed by atoms with Gasteiger partial charge in [0.15, 0.2) is 0 Å². The minimum absolute atomic E-state index is 0.0180. The topological polar surface area (TPSA) is 77.8 Å². The van der Waals surface area contributed by atoms with Crippen LogP contribution in [-0.4, -0.2) is 39.0 Å². The summed E-state index contributed by atoms with van der Waals surface area (Å²) in [6.07, 6.45) is 0. The van der Waals surface area contributed by atoms with Gasteiger partial charge < -0.3 is 10.2 Å². The summed E-state index contributed by atoms with van der Waals surface area (Å²) >= 11 is 1.28. The predicted molar refractivity (Wildman–Crippen MR) is 53.7 cm³/mol. The van der Waals surface area contributed by atoms with Crippen LogP contribution in [0.5, 0.6) is 0 Å². The largest absolute Gasteiger partial charge is 0.477 e. The standard InChI is InChI=1S/C9H9NO4S/c1-4(2-11)6-7(12)10-5(9(13)14)3-15-8(6)10/h3,8,11H,2H2,1H3,(H,13,14)/b6-4-/t8-/m1/s1. The predicted octanol–water partition coefficient (Wildman–Crippen LogP) is 0.136. The first-order chi connectivity index (χ1) is 7.07. The van der Waals surface area contributed by atoms with Crippen molar-refractivity contribution >= 4 is 23.6 Å². The van der Waals surface area contributed by atoms with E-state index in [0.29, 0.717) is 11.1 Å². The number of carbonyl (C=O) groups is 2. The van der Waals surface area contributed by atoms with Crippen LogP contribution in [0.3, 0.4) is 0 Å². The van der Waals surface area contributed by atoms with Gasteiger partial charge in [0.1, 0.15) is 11.1 Å². The molecular formula is C9H9NO4S. The van der Waals surface area contributed by atoms with Gasteiger partial charge in [-0.2, -0.15) is 0 Å². The summed E-state index contributed by atoms with van der Waals surface area (Å²) in [5, 5.41) is 18.9. The molecule has 0 aromatic heterocycles. The number of aliphatic hydroxyl groups excluding tert-OH is 1. The lowest BCUT2D eigenvalue weighted by molar-refractivity contribution is -0.141. The molecule has 80 valence electrons. The molecule has 6 heteroatoms. The van der Waals surface area contributed by atoms with Crippen LogP contribution < -0.4 is 0 Å². The SMILES string of the molecule is C/C(CO)=C1\C(=O)N2C(C(=O)O)=CS[C@H]12. The summed E-state index contributed by atoms with van der Waals surface area (Å²) < 4.78 is 0. The third-order valence-corrected chi connectivity index (χ3v) is 3.48. The number of β-lactam (4-membered cyclic amide) rings is 1. The van der Waals surface area contributed by atoms with Gasteiger partial charge in [-0.3, -0.25) is 9.69 Å². The Hall–Kier alpha value is -1.27. The average molecular weight is 227 g/mol. The van der Waals surface area contributed by atoms with Gasteiger partial charge in [0.25, 0.3) is 5.91 Å². The van der Waals surface area contributed by atoms with Crippen LogP contribution in [0, 0.1) is 0 Å². The number of thioether (sulfide) groups is 1. The van der Waals surface area contributed by atoms with Gasteiger partial charge >= 0.3 is 5.97 Å². The molecule has 1 fully saturated rings. The Bertz CT molecular complexity index is 412. The Morgan fingerprint density at radius 1 is 1.67 bits per heavy atom. The molecule has 0 radical (unpaired) electrons. The number of amides is 1. The van der Waals surface area contributed by atoms with Crippen molar-refractivity contribution < 1.29 is 19.8 Å². The van der Waals surface area contributed by atoms with Crippen LogP contribution in [0.25, 0.3) is 0 Å². The lowest BCUT2D eigenvalue weighted by atomic mass is 10.00. The lowest BCUT2D eigenvalue weighted by Crippen LogP contribution is -2.52. The molecule has 0 saturated carbocycles. The van der Waals surface area contributed by atoms with Crippen LogP contribution in [0.2, 0.25) is 0 Å². The first kappa shape index (κ1) is 10.3. The monoisotopic (exact) mass is 227 g/mol. The Morgan fingerprint density at radius 2 is 2.33 bits per heavy atom. The molecule has 0 spiro atoms. The molecule has 2 aliphatic rings. The fraction of sp³-hybridized carbons (Fsp3) is 0.333. The highest BCUT2D eigenvalue weighted by Crippen LogP contribution is 2.45. The molecule has 2 rings (SSSR count). The number of hydrogen-bond donors (Lipinski definition) is 2. The molecule has 0 aromatic carbocycles. The van der Waals surface area contributed by atoms with Crippen LogP contribution in [0.15, 0.2) is 22.3 Å². The molecule has 2 heterocycles. The van der Waals surface area contributed by atoms with Gasteiger partial charge in [0, 0.05) is 5.41 Å². The molecule has 0 bridgehead atoms. The maximum Gasteiger partial charge on any atom is 0.353 e. The molecule has 2 N–H and O–H groups in total. The van der Waals surface area contributed by atoms with E-state index < -0.39 is 5.97 Å². The quantitative estimate of drug-likeness (QED) is 0.518. The summed E-state index contributed by atoms with van der Waals surface area (Å²) in [6, 6.07) is 0. The molecule has 15 heavy (non-hydrogen) atoms. The van der Waals surface area contributed by atoms with E-state index >= 15 is 0 Å². The fourth-order valence-electron chi connectivity index (χ4n) is 1.59. The van der Waals surface area contributed by atoms with E-state index in [-0.39, 0.29) is 23.6 Å². The number of rotatable bonds is 2. The number of aliphatic hydroxyl groups is 1. The average Bonchev–Trinajstić information content (AvgIpc) is 2.57. The second-order valence-corrected chi connectivity index (χ2v) is 4.28. The van der Waals surface area contributed by atoms with Gasteiger partial charge in [0.05, 0.1) is 12.2 Å². The van der Waals surface area contributed by atoms with Gasteiger partial charge in [-0.1, -0.05) is 0 Å². The van der Waals surface area contributed by atoms with E-state index in [2.05, 4.69) is 0 Å². The summed E-state index contributed by atoms with van der Waals surface area (Å²) in [7, 11) is 0. The molecule has 2 aliphatic heterocycles. The second kappa shape index (κ2) is 3.39. The van der Waals surface area contributed by atoms with Crippen molar-refractivity contribution in [3.05, 3.63) is 22.3 Å². The van der Waals surface area contributed by atoms with Crippen LogP contribution in [-0.2, 0) is 9.59 Å². The first-order valence-electron chi connectivity index (χ1n) is 4.31. The first-order valence-corrected chi connectivity index (χ1v) is 5.25. The Morgan fingerprint density at radius 3 is 2.87 bits per heavy atom. The van der Waals surface area contributed by atoms with Gasteiger partial charge in [0.2, 0.25) is 0 Å². The normalized spacial score (nSPS) is 27.1. The van der Waals surface area contributed by atoms with Crippen molar-refractivity contribution in [1.82, 2.24) is 4.90 Å². The highest BCUT2D eigenvalue weighted by molar-refractivity contribution is 8.03. The van der Waals surface area contributed by atoms with E-state index in [1.807, 2.05) is 0 Å². The maximum atomic E-state index is 11.6. The van der Waals surface area contributed by atoms with Crippen LogP contribution >= 0.6 is 11.8 Å². The Kier molecular flexibility index (Phi) is 2.32. The number of hydrogen-bond acceptors (Lipinski definition) is 4. The molecule has 0 aromatic rings. The van der Waals surface area contributed by atoms with Crippen LogP contribution in [0.1, 0.15) is 6.92 Å². The minimum Gasteiger partial charge on any atom is -0.477 e. The summed E-state index contributed by atoms with van der Waals surface area (Å²) in [5.74, 6) is -1.41. The summed E-state index contributed by atoms with van der Waals surface area (Å²) in [5.41, 5.74) is 1.15. The van der Waals surface area contributed by atoms with Crippen molar-refractivity contribution in [2.45, 2.75) is 12.3 Å². The van der Waals surface area contributed by atoms with Crippen molar-refractivity contribution in [2.24, 2.45) is 0 Å². The van der Waals surface area contributed by atoms with Gasteiger partial charge in [-0.25, -0.2) is 4.79 Å². The van der Waals surface area contributed by atoms with Crippen molar-refractivity contribution in [1.29, 1.82) is 0 Å². The van der Waals surface area contributed by atoms with Crippen LogP contribution in [0.4, 0.5) is 0 Å². The highest BCUT2D eigenvalue weighted by atomic mass is 32.2. The van der Waals surface area contributed by atoms with Gasteiger partial charge in [-0.05, 0) is 12.5 Å². The number of aliphatic carboxylic acids is 1. The number of carboxylic acids is 1. The zero-order valence-corrected chi connectivity index (χ0v) is 8.74. The number of carboxylic acid groups (broad SMARTS) is 1. The van der Waals surface area contributed by atoms with Crippen molar-refractivity contribution in [2.75, 3.05) is 6.61 Å². The van der Waals surface area contributed by atoms with Crippen molar-refractivity contribution in [3.8, 4) is 0 Å². The zero-order valence-electron chi connectivity index (χ0n) is 7.93. The maximum absolute atomic E-state index is 11.6. The fourth-order valence-corrected chi connectivity index (χ4v) is 2.83. The number of nitrogens with zero attached hydrogens (tertiary/aromatic N) is 1. The zero-order chi connectivity index (χ0) is 11.2. The summed E-state index contributed by atoms with van der Waals surface area (Å²) in [6.45, 7) is 1.50. The molecular weight excluding hydrogens is 218 g/mol.